The summed E-state index contributed by atoms with van der Waals surface area (Å²) in [4.78, 5) is 0.234. The van der Waals surface area contributed by atoms with Crippen molar-refractivity contribution in [2.75, 3.05) is 6.54 Å². The molecule has 0 unspecified atom stereocenters. The Labute approximate surface area is 129 Å². The maximum absolute atomic E-state index is 12.9. The monoisotopic (exact) mass is 360 g/mol. The average Bonchev–Trinajstić information content (AvgIpc) is 2.34. The molecule has 1 aromatic carbocycles. The summed E-state index contributed by atoms with van der Waals surface area (Å²) in [6, 6.07) is 5.13. The first kappa shape index (κ1) is 17.4. The van der Waals surface area contributed by atoms with Gasteiger partial charge in [-0.05, 0) is 54.4 Å². The van der Waals surface area contributed by atoms with Gasteiger partial charge in [0.15, 0.2) is 0 Å². The summed E-state index contributed by atoms with van der Waals surface area (Å²) in [7, 11) is -3.62. The molecule has 0 saturated carbocycles. The fourth-order valence-electron chi connectivity index (χ4n) is 1.84. The van der Waals surface area contributed by atoms with Crippen LogP contribution >= 0.6 is 15.9 Å². The van der Waals surface area contributed by atoms with Crippen LogP contribution in [0.15, 0.2) is 40.2 Å². The van der Waals surface area contributed by atoms with Crippen molar-refractivity contribution in [3.05, 3.63) is 40.9 Å². The number of benzene rings is 1. The molecule has 4 nitrogen and oxygen atoms in total. The number of halogens is 1. The van der Waals surface area contributed by atoms with E-state index in [0.717, 1.165) is 5.56 Å². The largest absolute Gasteiger partial charge is 0.326 e. The van der Waals surface area contributed by atoms with E-state index in [2.05, 4.69) is 22.5 Å². The van der Waals surface area contributed by atoms with Gasteiger partial charge in [-0.3, -0.25) is 0 Å². The molecule has 1 rings (SSSR count). The Balaban J connectivity index is 3.44. The Morgan fingerprint density at radius 1 is 1.40 bits per heavy atom. The van der Waals surface area contributed by atoms with E-state index in [1.807, 2.05) is 20.8 Å². The summed E-state index contributed by atoms with van der Waals surface area (Å²) in [5.41, 5.74) is 5.83. The van der Waals surface area contributed by atoms with Gasteiger partial charge in [0.2, 0.25) is 10.0 Å². The first-order valence-electron chi connectivity index (χ1n) is 6.27. The second-order valence-corrected chi connectivity index (χ2v) is 8.15. The van der Waals surface area contributed by atoms with E-state index < -0.39 is 15.6 Å². The average molecular weight is 361 g/mol. The predicted octanol–water partition coefficient (Wildman–Crippen LogP) is 2.88. The lowest BCUT2D eigenvalue weighted by Crippen LogP contribution is -2.45. The fraction of sp³-hybridized carbons (Fsp3) is 0.429. The number of nitrogens with two attached hydrogens (primary N) is 1. The van der Waals surface area contributed by atoms with Crippen molar-refractivity contribution in [3.8, 4) is 0 Å². The highest BCUT2D eigenvalue weighted by Gasteiger charge is 2.34. The van der Waals surface area contributed by atoms with E-state index in [0.29, 0.717) is 11.0 Å². The molecule has 20 heavy (non-hydrogen) atoms. The molecule has 0 aliphatic carbocycles. The minimum Gasteiger partial charge on any atom is -0.326 e. The van der Waals surface area contributed by atoms with Gasteiger partial charge in [0.25, 0.3) is 0 Å². The van der Waals surface area contributed by atoms with E-state index in [1.54, 1.807) is 24.3 Å². The topological polar surface area (TPSA) is 63.4 Å². The molecule has 112 valence electrons. The van der Waals surface area contributed by atoms with Crippen LogP contribution in [-0.2, 0) is 16.6 Å². The summed E-state index contributed by atoms with van der Waals surface area (Å²) in [5.74, 6) is 0. The summed E-state index contributed by atoms with van der Waals surface area (Å²) in [6.07, 6.45) is 1.59. The third-order valence-corrected chi connectivity index (χ3v) is 5.97. The molecule has 0 spiro atoms. The first-order chi connectivity index (χ1) is 9.14. The van der Waals surface area contributed by atoms with Gasteiger partial charge >= 0.3 is 0 Å². The zero-order valence-electron chi connectivity index (χ0n) is 12.1. The molecule has 0 fully saturated rings. The van der Waals surface area contributed by atoms with Crippen LogP contribution in [0.1, 0.15) is 26.3 Å². The number of rotatable bonds is 5. The van der Waals surface area contributed by atoms with Crippen molar-refractivity contribution in [2.24, 2.45) is 5.73 Å². The van der Waals surface area contributed by atoms with Crippen molar-refractivity contribution in [3.63, 3.8) is 0 Å². The van der Waals surface area contributed by atoms with Crippen LogP contribution in [-0.4, -0.2) is 24.8 Å². The number of sulfonamides is 1. The van der Waals surface area contributed by atoms with Crippen LogP contribution < -0.4 is 5.73 Å². The number of nitrogens with zero attached hydrogens (tertiary/aromatic N) is 1. The lowest BCUT2D eigenvalue weighted by atomic mass is 10.1. The van der Waals surface area contributed by atoms with Gasteiger partial charge in [-0.2, -0.15) is 4.31 Å². The lowest BCUT2D eigenvalue weighted by Gasteiger charge is -2.34. The smallest absolute Gasteiger partial charge is 0.244 e. The molecule has 6 heteroatoms. The molecule has 0 aliphatic heterocycles. The molecule has 0 atom stereocenters. The third-order valence-electron chi connectivity index (χ3n) is 2.84. The predicted molar refractivity (Wildman–Crippen MR) is 85.9 cm³/mol. The molecule has 2 N–H and O–H groups in total. The number of hydrogen-bond donors (Lipinski definition) is 1. The Bertz CT molecular complexity index is 592. The van der Waals surface area contributed by atoms with Crippen LogP contribution in [0.3, 0.4) is 0 Å². The fourth-order valence-corrected chi connectivity index (χ4v) is 4.58. The van der Waals surface area contributed by atoms with Crippen molar-refractivity contribution >= 4 is 26.0 Å². The standard InChI is InChI=1S/C14H21BrN2O2S/c1-5-8-17(14(2,3)4)20(18,19)13-9-11(10-16)6-7-12(13)15/h5-7,9H,1,8,10,16H2,2-4H3. The van der Waals surface area contributed by atoms with Crippen LogP contribution in [0.25, 0.3) is 0 Å². The second-order valence-electron chi connectivity index (χ2n) is 5.46. The van der Waals surface area contributed by atoms with Crippen LogP contribution in [0.4, 0.5) is 0 Å². The van der Waals surface area contributed by atoms with Crippen LogP contribution in [0, 0.1) is 0 Å². The van der Waals surface area contributed by atoms with Gasteiger partial charge in [-0.1, -0.05) is 12.1 Å². The Hall–Kier alpha value is -0.690. The van der Waals surface area contributed by atoms with Gasteiger partial charge in [-0.15, -0.1) is 6.58 Å². The van der Waals surface area contributed by atoms with Crippen LogP contribution in [0.5, 0.6) is 0 Å². The second kappa shape index (κ2) is 6.39. The summed E-state index contributed by atoms with van der Waals surface area (Å²) >= 11 is 3.31. The van der Waals surface area contributed by atoms with Crippen LogP contribution in [0.2, 0.25) is 0 Å². The maximum Gasteiger partial charge on any atom is 0.244 e. The first-order valence-corrected chi connectivity index (χ1v) is 8.50. The van der Waals surface area contributed by atoms with Gasteiger partial charge in [0, 0.05) is 23.1 Å². The maximum atomic E-state index is 12.9. The third kappa shape index (κ3) is 3.69. The van der Waals surface area contributed by atoms with Crippen molar-refractivity contribution in [2.45, 2.75) is 37.8 Å². The van der Waals surface area contributed by atoms with E-state index in [1.165, 1.54) is 4.31 Å². The highest BCUT2D eigenvalue weighted by atomic mass is 79.9. The van der Waals surface area contributed by atoms with Gasteiger partial charge in [0.05, 0.1) is 4.90 Å². The molecule has 0 amide bonds. The van der Waals surface area contributed by atoms with E-state index in [4.69, 9.17) is 5.73 Å². The molecular formula is C14H21BrN2O2S. The van der Waals surface area contributed by atoms with E-state index >= 15 is 0 Å². The molecular weight excluding hydrogens is 340 g/mol. The van der Waals surface area contributed by atoms with Gasteiger partial charge in [0.1, 0.15) is 0 Å². The SMILES string of the molecule is C=CCN(C(C)(C)C)S(=O)(=O)c1cc(CN)ccc1Br. The Morgan fingerprint density at radius 3 is 2.45 bits per heavy atom. The Kier molecular flexibility index (Phi) is 5.54. The molecule has 1 aromatic rings. The Morgan fingerprint density at radius 2 is 2.00 bits per heavy atom. The van der Waals surface area contributed by atoms with E-state index in [9.17, 15) is 8.42 Å². The quantitative estimate of drug-likeness (QED) is 0.821. The molecule has 0 aliphatic rings. The van der Waals surface area contributed by atoms with Crippen molar-refractivity contribution in [1.29, 1.82) is 0 Å². The normalized spacial score (nSPS) is 12.7. The molecule has 0 bridgehead atoms. The van der Waals surface area contributed by atoms with Crippen molar-refractivity contribution in [1.82, 2.24) is 4.31 Å². The minimum atomic E-state index is -3.62. The summed E-state index contributed by atoms with van der Waals surface area (Å²) < 4.78 is 27.7. The summed E-state index contributed by atoms with van der Waals surface area (Å²) in [5, 5.41) is 0. The molecule has 0 heterocycles. The highest BCUT2D eigenvalue weighted by Crippen LogP contribution is 2.30. The minimum absolute atomic E-state index is 0.234. The van der Waals surface area contributed by atoms with Gasteiger partial charge < -0.3 is 5.73 Å². The van der Waals surface area contributed by atoms with Gasteiger partial charge in [-0.25, -0.2) is 8.42 Å². The lowest BCUT2D eigenvalue weighted by molar-refractivity contribution is 0.269. The zero-order chi connectivity index (χ0) is 15.6. The summed E-state index contributed by atoms with van der Waals surface area (Å²) in [6.45, 7) is 9.76. The molecule has 0 aromatic heterocycles. The molecule has 0 radical (unpaired) electrons. The number of hydrogen-bond acceptors (Lipinski definition) is 3. The zero-order valence-corrected chi connectivity index (χ0v) is 14.5. The van der Waals surface area contributed by atoms with Crippen molar-refractivity contribution < 1.29 is 8.42 Å². The molecule has 0 saturated heterocycles. The highest BCUT2D eigenvalue weighted by molar-refractivity contribution is 9.10. The van der Waals surface area contributed by atoms with E-state index in [-0.39, 0.29) is 11.4 Å².